The molecule has 0 aliphatic carbocycles. The Morgan fingerprint density at radius 2 is 2.39 bits per heavy atom. The van der Waals surface area contributed by atoms with Crippen LogP contribution in [-0.2, 0) is 16.1 Å². The van der Waals surface area contributed by atoms with Crippen molar-refractivity contribution in [3.63, 3.8) is 0 Å². The van der Waals surface area contributed by atoms with E-state index in [1.165, 1.54) is 0 Å². The van der Waals surface area contributed by atoms with Crippen LogP contribution in [0.15, 0.2) is 22.8 Å². The molecule has 5 nitrogen and oxygen atoms in total. The number of rotatable bonds is 4. The zero-order chi connectivity index (χ0) is 13.0. The summed E-state index contributed by atoms with van der Waals surface area (Å²) in [6, 6.07) is 3.95. The van der Waals surface area contributed by atoms with Gasteiger partial charge in [0.05, 0.1) is 32.1 Å². The van der Waals surface area contributed by atoms with Crippen molar-refractivity contribution < 1.29 is 13.9 Å². The Balaban J connectivity index is 1.76. The molecule has 100 valence electrons. The fraction of sp³-hybridized carbons (Fsp3) is 0.615. The molecule has 0 radical (unpaired) electrons. The van der Waals surface area contributed by atoms with Gasteiger partial charge in [-0.15, -0.1) is 0 Å². The summed E-state index contributed by atoms with van der Waals surface area (Å²) < 4.78 is 10.7. The van der Waals surface area contributed by atoms with E-state index in [0.29, 0.717) is 19.7 Å². The van der Waals surface area contributed by atoms with E-state index in [1.807, 2.05) is 19.1 Å². The molecule has 2 heterocycles. The van der Waals surface area contributed by atoms with Crippen molar-refractivity contribution in [3.8, 4) is 0 Å². The normalized spacial score (nSPS) is 25.0. The van der Waals surface area contributed by atoms with Crippen LogP contribution >= 0.6 is 0 Å². The molecule has 0 spiro atoms. The molecular weight excluding hydrogens is 232 g/mol. The van der Waals surface area contributed by atoms with Gasteiger partial charge >= 0.3 is 0 Å². The minimum Gasteiger partial charge on any atom is -0.467 e. The Kier molecular flexibility index (Phi) is 4.38. The molecular formula is C13H20N2O3. The van der Waals surface area contributed by atoms with Crippen LogP contribution in [0.4, 0.5) is 0 Å². The van der Waals surface area contributed by atoms with Gasteiger partial charge in [-0.05, 0) is 26.0 Å². The third-order valence-electron chi connectivity index (χ3n) is 3.12. The molecule has 0 saturated carbocycles. The lowest BCUT2D eigenvalue weighted by molar-refractivity contribution is -0.126. The van der Waals surface area contributed by atoms with Crippen LogP contribution in [0, 0.1) is 0 Å². The second kappa shape index (κ2) is 6.02. The highest BCUT2D eigenvalue weighted by Gasteiger charge is 2.24. The van der Waals surface area contributed by atoms with Gasteiger partial charge in [-0.3, -0.25) is 9.69 Å². The maximum atomic E-state index is 11.8. The van der Waals surface area contributed by atoms with Crippen LogP contribution in [-0.4, -0.2) is 42.6 Å². The first-order chi connectivity index (χ1) is 8.65. The first-order valence-electron chi connectivity index (χ1n) is 6.30. The van der Waals surface area contributed by atoms with Gasteiger partial charge in [0.2, 0.25) is 5.91 Å². The third kappa shape index (κ3) is 3.58. The van der Waals surface area contributed by atoms with Crippen LogP contribution in [0.5, 0.6) is 0 Å². The van der Waals surface area contributed by atoms with Crippen LogP contribution in [0.1, 0.15) is 19.6 Å². The van der Waals surface area contributed by atoms with Crippen LogP contribution in [0.2, 0.25) is 0 Å². The number of hydrogen-bond donors (Lipinski definition) is 1. The molecule has 0 bridgehead atoms. The van der Waals surface area contributed by atoms with Crippen molar-refractivity contribution in [2.45, 2.75) is 32.5 Å². The van der Waals surface area contributed by atoms with Crippen molar-refractivity contribution in [2.75, 3.05) is 19.7 Å². The number of ether oxygens (including phenoxy) is 1. The van der Waals surface area contributed by atoms with Crippen molar-refractivity contribution in [1.82, 2.24) is 10.2 Å². The molecule has 1 N–H and O–H groups in total. The highest BCUT2D eigenvalue weighted by Crippen LogP contribution is 2.10. The monoisotopic (exact) mass is 252 g/mol. The van der Waals surface area contributed by atoms with Gasteiger partial charge in [-0.2, -0.15) is 0 Å². The predicted molar refractivity (Wildman–Crippen MR) is 67.0 cm³/mol. The standard InChI is InChI=1S/C13H20N2O3/c1-10-9-18-11(2)7-15(10)8-13(16)14-6-12-4-3-5-17-12/h3-5,10-11H,6-9H2,1-2H3,(H,14,16)/t10-,11-/m0/s1. The maximum Gasteiger partial charge on any atom is 0.234 e. The SMILES string of the molecule is C[C@H]1CN(CC(=O)NCc2ccco2)[C@@H](C)CO1. The van der Waals surface area contributed by atoms with E-state index < -0.39 is 0 Å². The summed E-state index contributed by atoms with van der Waals surface area (Å²) in [4.78, 5) is 14.0. The molecule has 1 amide bonds. The topological polar surface area (TPSA) is 54.7 Å². The van der Waals surface area contributed by atoms with Crippen molar-refractivity contribution in [2.24, 2.45) is 0 Å². The number of nitrogens with one attached hydrogen (secondary N) is 1. The van der Waals surface area contributed by atoms with Gasteiger partial charge in [-0.25, -0.2) is 0 Å². The summed E-state index contributed by atoms with van der Waals surface area (Å²) in [5.74, 6) is 0.791. The molecule has 2 rings (SSSR count). The average Bonchev–Trinajstić information content (AvgIpc) is 2.84. The molecule has 1 aromatic rings. The second-order valence-corrected chi connectivity index (χ2v) is 4.78. The van der Waals surface area contributed by atoms with Gasteiger partial charge in [0.15, 0.2) is 0 Å². The molecule has 1 fully saturated rings. The third-order valence-corrected chi connectivity index (χ3v) is 3.12. The Bertz CT molecular complexity index is 378. The second-order valence-electron chi connectivity index (χ2n) is 4.78. The van der Waals surface area contributed by atoms with Gasteiger partial charge < -0.3 is 14.5 Å². The van der Waals surface area contributed by atoms with Crippen LogP contribution in [0.25, 0.3) is 0 Å². The Morgan fingerprint density at radius 1 is 1.56 bits per heavy atom. The van der Waals surface area contributed by atoms with Crippen molar-refractivity contribution in [1.29, 1.82) is 0 Å². The number of furan rings is 1. The van der Waals surface area contributed by atoms with E-state index in [4.69, 9.17) is 9.15 Å². The van der Waals surface area contributed by atoms with E-state index in [1.54, 1.807) is 6.26 Å². The zero-order valence-corrected chi connectivity index (χ0v) is 10.9. The molecule has 18 heavy (non-hydrogen) atoms. The number of morpholine rings is 1. The first-order valence-corrected chi connectivity index (χ1v) is 6.30. The first kappa shape index (κ1) is 13.1. The number of amides is 1. The van der Waals surface area contributed by atoms with Gasteiger partial charge in [0, 0.05) is 12.6 Å². The Morgan fingerprint density at radius 3 is 3.11 bits per heavy atom. The summed E-state index contributed by atoms with van der Waals surface area (Å²) >= 11 is 0. The summed E-state index contributed by atoms with van der Waals surface area (Å²) in [5, 5.41) is 2.85. The van der Waals surface area contributed by atoms with E-state index in [9.17, 15) is 4.79 Å². The van der Waals surface area contributed by atoms with Crippen molar-refractivity contribution in [3.05, 3.63) is 24.2 Å². The number of hydrogen-bond acceptors (Lipinski definition) is 4. The molecule has 0 aromatic carbocycles. The molecule has 0 unspecified atom stereocenters. The lowest BCUT2D eigenvalue weighted by Gasteiger charge is -2.36. The Hall–Kier alpha value is -1.33. The number of carbonyl (C=O) groups excluding carboxylic acids is 1. The summed E-state index contributed by atoms with van der Waals surface area (Å²) in [6.07, 6.45) is 1.80. The smallest absolute Gasteiger partial charge is 0.234 e. The summed E-state index contributed by atoms with van der Waals surface area (Å²) in [5.41, 5.74) is 0. The minimum absolute atomic E-state index is 0.0207. The molecule has 1 aromatic heterocycles. The van der Waals surface area contributed by atoms with Gasteiger partial charge in [0.25, 0.3) is 0 Å². The Labute approximate surface area is 107 Å². The van der Waals surface area contributed by atoms with Crippen LogP contribution < -0.4 is 5.32 Å². The highest BCUT2D eigenvalue weighted by molar-refractivity contribution is 5.78. The van der Waals surface area contributed by atoms with Crippen LogP contribution in [0.3, 0.4) is 0 Å². The summed E-state index contributed by atoms with van der Waals surface area (Å²) in [7, 11) is 0. The maximum absolute atomic E-state index is 11.8. The highest BCUT2D eigenvalue weighted by atomic mass is 16.5. The minimum atomic E-state index is 0.0207. The average molecular weight is 252 g/mol. The predicted octanol–water partition coefficient (Wildman–Crippen LogP) is 1.00. The summed E-state index contributed by atoms with van der Waals surface area (Å²) in [6.45, 7) is 6.45. The van der Waals surface area contributed by atoms with E-state index in [2.05, 4.69) is 17.1 Å². The molecule has 1 aliphatic heterocycles. The molecule has 2 atom stereocenters. The molecule has 1 saturated heterocycles. The molecule has 1 aliphatic rings. The lowest BCUT2D eigenvalue weighted by atomic mass is 10.2. The number of nitrogens with zero attached hydrogens (tertiary/aromatic N) is 1. The van der Waals surface area contributed by atoms with E-state index >= 15 is 0 Å². The largest absolute Gasteiger partial charge is 0.467 e. The van der Waals surface area contributed by atoms with E-state index in [0.717, 1.165) is 12.3 Å². The fourth-order valence-corrected chi connectivity index (χ4v) is 2.03. The lowest BCUT2D eigenvalue weighted by Crippen LogP contribution is -2.50. The molecule has 5 heteroatoms. The zero-order valence-electron chi connectivity index (χ0n) is 10.9. The van der Waals surface area contributed by atoms with E-state index in [-0.39, 0.29) is 18.1 Å². The number of carbonyl (C=O) groups is 1. The van der Waals surface area contributed by atoms with Gasteiger partial charge in [0.1, 0.15) is 5.76 Å². The van der Waals surface area contributed by atoms with Crippen molar-refractivity contribution >= 4 is 5.91 Å². The van der Waals surface area contributed by atoms with Gasteiger partial charge in [-0.1, -0.05) is 0 Å². The quantitative estimate of drug-likeness (QED) is 0.868. The fourth-order valence-electron chi connectivity index (χ4n) is 2.03.